The number of nitrogens with one attached hydrogen (secondary N) is 2. The second-order valence-electron chi connectivity index (χ2n) is 7.53. The average Bonchev–Trinajstić information content (AvgIpc) is 2.92. The third-order valence-corrected chi connectivity index (χ3v) is 5.14. The molecule has 2 rings (SSSR count). The molecule has 27 heavy (non-hydrogen) atoms. The molecule has 0 aliphatic carbocycles. The van der Waals surface area contributed by atoms with Crippen molar-refractivity contribution in [2.24, 2.45) is 0 Å². The molecule has 0 radical (unpaired) electrons. The third-order valence-electron chi connectivity index (χ3n) is 5.14. The lowest BCUT2D eigenvalue weighted by molar-refractivity contribution is -0.121. The summed E-state index contributed by atoms with van der Waals surface area (Å²) >= 11 is 0. The molecule has 2 amide bonds. The van der Waals surface area contributed by atoms with Crippen molar-refractivity contribution in [3.8, 4) is 0 Å². The van der Waals surface area contributed by atoms with E-state index >= 15 is 0 Å². The number of nitrogens with zero attached hydrogens (tertiary/aromatic N) is 1. The maximum Gasteiger partial charge on any atom is 0.220 e. The van der Waals surface area contributed by atoms with Gasteiger partial charge in [0.1, 0.15) is 0 Å². The summed E-state index contributed by atoms with van der Waals surface area (Å²) in [5.74, 6) is 0.116. The Bertz CT molecular complexity index is 581. The number of rotatable bonds is 10. The minimum Gasteiger partial charge on any atom is -0.356 e. The van der Waals surface area contributed by atoms with Crippen LogP contribution in [0.5, 0.6) is 0 Å². The number of unbranched alkanes of at least 4 members (excludes halogenated alkanes) is 2. The highest BCUT2D eigenvalue weighted by molar-refractivity contribution is 5.75. The molecule has 1 aliphatic rings. The van der Waals surface area contributed by atoms with E-state index in [4.69, 9.17) is 0 Å². The van der Waals surface area contributed by atoms with E-state index in [-0.39, 0.29) is 11.8 Å². The number of carbonyl (C=O) groups is 2. The smallest absolute Gasteiger partial charge is 0.220 e. The lowest BCUT2D eigenvalue weighted by atomic mass is 10.1. The summed E-state index contributed by atoms with van der Waals surface area (Å²) in [6.45, 7) is 6.17. The topological polar surface area (TPSA) is 61.4 Å². The lowest BCUT2D eigenvalue weighted by Gasteiger charge is -2.21. The first-order valence-corrected chi connectivity index (χ1v) is 10.5. The van der Waals surface area contributed by atoms with Crippen LogP contribution in [-0.2, 0) is 22.7 Å². The molecule has 1 aliphatic heterocycles. The molecule has 0 aromatic heterocycles. The quantitative estimate of drug-likeness (QED) is 0.618. The second-order valence-corrected chi connectivity index (χ2v) is 7.53. The Morgan fingerprint density at radius 1 is 0.926 bits per heavy atom. The normalized spacial score (nSPS) is 15.1. The van der Waals surface area contributed by atoms with Gasteiger partial charge in [-0.1, -0.05) is 43.5 Å². The number of amides is 2. The second kappa shape index (κ2) is 12.5. The molecule has 0 spiro atoms. The Morgan fingerprint density at radius 2 is 1.63 bits per heavy atom. The van der Waals surface area contributed by atoms with Crippen LogP contribution in [0.2, 0.25) is 0 Å². The zero-order chi connectivity index (χ0) is 19.3. The predicted octanol–water partition coefficient (Wildman–Crippen LogP) is 3.38. The molecule has 0 atom stereocenters. The van der Waals surface area contributed by atoms with Crippen LogP contribution in [0.1, 0.15) is 69.4 Å². The minimum atomic E-state index is 0.00610. The van der Waals surface area contributed by atoms with Crippen LogP contribution in [0.4, 0.5) is 0 Å². The van der Waals surface area contributed by atoms with Crippen molar-refractivity contribution in [1.29, 1.82) is 0 Å². The molecule has 150 valence electrons. The van der Waals surface area contributed by atoms with Gasteiger partial charge in [0.25, 0.3) is 0 Å². The van der Waals surface area contributed by atoms with Crippen LogP contribution in [-0.4, -0.2) is 36.3 Å². The first-order valence-electron chi connectivity index (χ1n) is 10.5. The van der Waals surface area contributed by atoms with Gasteiger partial charge in [-0.3, -0.25) is 14.5 Å². The third kappa shape index (κ3) is 9.05. The molecular formula is C22H35N3O2. The molecule has 1 aromatic rings. The Balaban J connectivity index is 1.70. The van der Waals surface area contributed by atoms with Gasteiger partial charge in [0.15, 0.2) is 0 Å². The van der Waals surface area contributed by atoms with E-state index in [9.17, 15) is 9.59 Å². The van der Waals surface area contributed by atoms with Crippen molar-refractivity contribution in [3.63, 3.8) is 0 Å². The largest absolute Gasteiger partial charge is 0.356 e. The highest BCUT2D eigenvalue weighted by Crippen LogP contribution is 2.16. The van der Waals surface area contributed by atoms with Crippen LogP contribution in [0.3, 0.4) is 0 Å². The monoisotopic (exact) mass is 373 g/mol. The van der Waals surface area contributed by atoms with Crippen LogP contribution in [0, 0.1) is 0 Å². The summed E-state index contributed by atoms with van der Waals surface area (Å²) in [6, 6.07) is 8.46. The Labute approximate surface area is 163 Å². The summed E-state index contributed by atoms with van der Waals surface area (Å²) in [4.78, 5) is 25.5. The van der Waals surface area contributed by atoms with Crippen LogP contribution in [0.15, 0.2) is 24.3 Å². The number of hydrogen-bond donors (Lipinski definition) is 2. The standard InChI is InChI=1S/C22H35N3O2/c1-19(26)23-14-8-4-5-13-22(27)24-17-20-11-6-7-12-21(20)18-25-15-9-2-3-10-16-25/h6-7,11-12H,2-5,8-10,13-18H2,1H3,(H,23,26)(H,24,27). The van der Waals surface area contributed by atoms with Gasteiger partial charge in [0.2, 0.25) is 11.8 Å². The van der Waals surface area contributed by atoms with Crippen molar-refractivity contribution < 1.29 is 9.59 Å². The van der Waals surface area contributed by atoms with E-state index in [0.717, 1.165) is 25.8 Å². The van der Waals surface area contributed by atoms with Gasteiger partial charge in [-0.15, -0.1) is 0 Å². The summed E-state index contributed by atoms with van der Waals surface area (Å²) in [6.07, 6.45) is 8.57. The van der Waals surface area contributed by atoms with E-state index in [1.807, 2.05) is 0 Å². The van der Waals surface area contributed by atoms with Crippen LogP contribution in [0.25, 0.3) is 0 Å². The number of likely N-dealkylation sites (tertiary alicyclic amines) is 1. The van der Waals surface area contributed by atoms with Crippen LogP contribution < -0.4 is 10.6 Å². The molecule has 0 unspecified atom stereocenters. The Morgan fingerprint density at radius 3 is 2.33 bits per heavy atom. The highest BCUT2D eigenvalue weighted by Gasteiger charge is 2.12. The predicted molar refractivity (Wildman–Crippen MR) is 109 cm³/mol. The molecule has 5 heteroatoms. The fourth-order valence-electron chi connectivity index (χ4n) is 3.55. The minimum absolute atomic E-state index is 0.00610. The molecule has 1 fully saturated rings. The van der Waals surface area contributed by atoms with E-state index in [1.54, 1.807) is 0 Å². The Kier molecular flexibility index (Phi) is 9.91. The fourth-order valence-corrected chi connectivity index (χ4v) is 3.55. The molecule has 5 nitrogen and oxygen atoms in total. The summed E-state index contributed by atoms with van der Waals surface area (Å²) in [5, 5.41) is 5.85. The van der Waals surface area contributed by atoms with E-state index < -0.39 is 0 Å². The summed E-state index contributed by atoms with van der Waals surface area (Å²) in [7, 11) is 0. The Hall–Kier alpha value is -1.88. The van der Waals surface area contributed by atoms with Gasteiger partial charge in [-0.25, -0.2) is 0 Å². The first kappa shape index (κ1) is 21.4. The average molecular weight is 374 g/mol. The van der Waals surface area contributed by atoms with Crippen molar-refractivity contribution in [1.82, 2.24) is 15.5 Å². The zero-order valence-corrected chi connectivity index (χ0v) is 16.8. The molecule has 1 aromatic carbocycles. The molecular weight excluding hydrogens is 338 g/mol. The van der Waals surface area contributed by atoms with Gasteiger partial charge in [0.05, 0.1) is 0 Å². The first-order chi connectivity index (χ1) is 13.1. The molecule has 0 bridgehead atoms. The SMILES string of the molecule is CC(=O)NCCCCCC(=O)NCc1ccccc1CN1CCCCCC1. The number of carbonyl (C=O) groups excluding carboxylic acids is 2. The molecule has 2 N–H and O–H groups in total. The van der Waals surface area contributed by atoms with E-state index in [0.29, 0.717) is 19.5 Å². The highest BCUT2D eigenvalue weighted by atomic mass is 16.2. The van der Waals surface area contributed by atoms with Gasteiger partial charge < -0.3 is 10.6 Å². The number of benzene rings is 1. The summed E-state index contributed by atoms with van der Waals surface area (Å²) in [5.41, 5.74) is 2.55. The van der Waals surface area contributed by atoms with E-state index in [1.165, 1.54) is 56.8 Å². The van der Waals surface area contributed by atoms with E-state index in [2.05, 4.69) is 39.8 Å². The van der Waals surface area contributed by atoms with Gasteiger partial charge in [0, 0.05) is 33.0 Å². The zero-order valence-electron chi connectivity index (χ0n) is 16.8. The van der Waals surface area contributed by atoms with Crippen LogP contribution >= 0.6 is 0 Å². The van der Waals surface area contributed by atoms with Gasteiger partial charge in [-0.05, 0) is 49.9 Å². The van der Waals surface area contributed by atoms with Gasteiger partial charge >= 0.3 is 0 Å². The molecule has 0 saturated carbocycles. The van der Waals surface area contributed by atoms with Crippen molar-refractivity contribution in [2.75, 3.05) is 19.6 Å². The fraction of sp³-hybridized carbons (Fsp3) is 0.636. The summed E-state index contributed by atoms with van der Waals surface area (Å²) < 4.78 is 0. The maximum atomic E-state index is 12.1. The molecule has 1 saturated heterocycles. The maximum absolute atomic E-state index is 12.1. The lowest BCUT2D eigenvalue weighted by Crippen LogP contribution is -2.26. The van der Waals surface area contributed by atoms with Gasteiger partial charge in [-0.2, -0.15) is 0 Å². The number of hydrogen-bond acceptors (Lipinski definition) is 3. The van der Waals surface area contributed by atoms with Crippen molar-refractivity contribution in [3.05, 3.63) is 35.4 Å². The van der Waals surface area contributed by atoms with Crippen molar-refractivity contribution in [2.45, 2.75) is 71.4 Å². The molecule has 1 heterocycles. The van der Waals surface area contributed by atoms with Crippen molar-refractivity contribution >= 4 is 11.8 Å².